The summed E-state index contributed by atoms with van der Waals surface area (Å²) < 4.78 is 5.27. The van der Waals surface area contributed by atoms with Gasteiger partial charge in [-0.2, -0.15) is 0 Å². The van der Waals surface area contributed by atoms with Crippen molar-refractivity contribution in [2.75, 3.05) is 7.11 Å². The molecule has 0 saturated carbocycles. The molecule has 1 N–H and O–H groups in total. The summed E-state index contributed by atoms with van der Waals surface area (Å²) in [5.41, 5.74) is 1.51. The maximum Gasteiger partial charge on any atom is 0.124 e. The average Bonchev–Trinajstić information content (AvgIpc) is 2.81. The molecule has 4 rings (SSSR count). The van der Waals surface area contributed by atoms with Crippen molar-refractivity contribution in [1.82, 2.24) is 0 Å². The van der Waals surface area contributed by atoms with Crippen LogP contribution in [0.4, 0.5) is 5.69 Å². The van der Waals surface area contributed by atoms with Gasteiger partial charge in [0.1, 0.15) is 11.5 Å². The molecule has 0 aliphatic carbocycles. The molecule has 0 heterocycles. The van der Waals surface area contributed by atoms with E-state index >= 15 is 0 Å². The molecule has 30 heavy (non-hydrogen) atoms. The van der Waals surface area contributed by atoms with Gasteiger partial charge in [-0.15, -0.1) is 0 Å². The van der Waals surface area contributed by atoms with Gasteiger partial charge in [0.05, 0.1) is 12.8 Å². The summed E-state index contributed by atoms with van der Waals surface area (Å²) in [6.45, 7) is 0. The Labute approximate surface area is 178 Å². The molecule has 0 bridgehead atoms. The van der Waals surface area contributed by atoms with Crippen LogP contribution in [0.25, 0.3) is 0 Å². The number of methoxy groups -OCH3 is 1. The highest BCUT2D eigenvalue weighted by Crippen LogP contribution is 2.36. The second-order valence-corrected chi connectivity index (χ2v) is 8.86. The maximum absolute atomic E-state index is 10.2. The van der Waals surface area contributed by atoms with Crippen molar-refractivity contribution in [2.24, 2.45) is 4.99 Å². The zero-order chi connectivity index (χ0) is 20.8. The summed E-state index contributed by atoms with van der Waals surface area (Å²) in [5, 5.41) is 13.9. The number of aliphatic imine (C=N–C) groups is 1. The molecule has 0 amide bonds. The number of aromatic hydroxyl groups is 1. The Morgan fingerprint density at radius 3 is 2.00 bits per heavy atom. The Hall–Kier alpha value is -3.42. The molecule has 0 aliphatic rings. The Morgan fingerprint density at radius 1 is 0.767 bits per heavy atom. The van der Waals surface area contributed by atoms with Crippen LogP contribution in [0.15, 0.2) is 108 Å². The number of phenols is 1. The van der Waals surface area contributed by atoms with E-state index in [1.807, 2.05) is 24.3 Å². The SMILES string of the molecule is COc1ccc(O)c(C=Nc2ccccc2P(c2ccccc2)c2ccccc2)c1. The van der Waals surface area contributed by atoms with Crippen LogP contribution < -0.4 is 20.7 Å². The highest BCUT2D eigenvalue weighted by Gasteiger charge is 2.18. The lowest BCUT2D eigenvalue weighted by Crippen LogP contribution is -2.20. The number of phenolic OH excluding ortho intramolecular Hbond substituents is 1. The lowest BCUT2D eigenvalue weighted by molar-refractivity contribution is 0.412. The van der Waals surface area contributed by atoms with Crippen molar-refractivity contribution < 1.29 is 9.84 Å². The Balaban J connectivity index is 1.80. The van der Waals surface area contributed by atoms with Gasteiger partial charge in [-0.1, -0.05) is 78.9 Å². The first-order valence-corrected chi connectivity index (χ1v) is 11.0. The first-order valence-electron chi connectivity index (χ1n) is 9.66. The highest BCUT2D eigenvalue weighted by atomic mass is 31.1. The second kappa shape index (κ2) is 9.39. The molecule has 4 heteroatoms. The largest absolute Gasteiger partial charge is 0.507 e. The first-order chi connectivity index (χ1) is 14.8. The van der Waals surface area contributed by atoms with Crippen LogP contribution in [-0.2, 0) is 0 Å². The summed E-state index contributed by atoms with van der Waals surface area (Å²) in [5.74, 6) is 0.851. The van der Waals surface area contributed by atoms with Crippen LogP contribution in [0.3, 0.4) is 0 Å². The molecule has 4 aromatic rings. The molecule has 0 unspecified atom stereocenters. The first kappa shape index (κ1) is 19.9. The molecule has 0 aliphatic heterocycles. The molecule has 3 nitrogen and oxygen atoms in total. The predicted octanol–water partition coefficient (Wildman–Crippen LogP) is 4.91. The van der Waals surface area contributed by atoms with Crippen molar-refractivity contribution in [3.63, 3.8) is 0 Å². The normalized spacial score (nSPS) is 11.1. The van der Waals surface area contributed by atoms with Crippen molar-refractivity contribution in [3.05, 3.63) is 109 Å². The molecule has 0 aromatic heterocycles. The van der Waals surface area contributed by atoms with Gasteiger partial charge in [-0.25, -0.2) is 0 Å². The van der Waals surface area contributed by atoms with Gasteiger partial charge in [-0.3, -0.25) is 4.99 Å². The van der Waals surface area contributed by atoms with Gasteiger partial charge in [0.25, 0.3) is 0 Å². The zero-order valence-electron chi connectivity index (χ0n) is 16.6. The number of rotatable bonds is 6. The van der Waals surface area contributed by atoms with Crippen molar-refractivity contribution >= 4 is 35.7 Å². The summed E-state index contributed by atoms with van der Waals surface area (Å²) in [7, 11) is 0.842. The molecule has 0 radical (unpaired) electrons. The van der Waals surface area contributed by atoms with Crippen molar-refractivity contribution in [2.45, 2.75) is 0 Å². The van der Waals surface area contributed by atoms with Crippen LogP contribution in [0, 0.1) is 0 Å². The van der Waals surface area contributed by atoms with Crippen LogP contribution in [-0.4, -0.2) is 18.4 Å². The van der Waals surface area contributed by atoms with E-state index in [2.05, 4.69) is 60.7 Å². The molecular formula is C26H22NO2P. The van der Waals surface area contributed by atoms with Gasteiger partial charge < -0.3 is 9.84 Å². The summed E-state index contributed by atoms with van der Waals surface area (Å²) >= 11 is 0. The van der Waals surface area contributed by atoms with Gasteiger partial charge in [0, 0.05) is 17.1 Å². The third-order valence-electron chi connectivity index (χ3n) is 4.73. The van der Waals surface area contributed by atoms with E-state index in [9.17, 15) is 5.11 Å². The smallest absolute Gasteiger partial charge is 0.124 e. The van der Waals surface area contributed by atoms with E-state index in [0.29, 0.717) is 11.3 Å². The van der Waals surface area contributed by atoms with Crippen molar-refractivity contribution in [3.8, 4) is 11.5 Å². The van der Waals surface area contributed by atoms with E-state index in [4.69, 9.17) is 9.73 Å². The number of ether oxygens (including phenoxy) is 1. The molecule has 148 valence electrons. The third kappa shape index (κ3) is 4.42. The number of para-hydroxylation sites is 1. The lowest BCUT2D eigenvalue weighted by atomic mass is 10.2. The highest BCUT2D eigenvalue weighted by molar-refractivity contribution is 7.80. The zero-order valence-corrected chi connectivity index (χ0v) is 17.5. The Bertz CT molecular complexity index is 1100. The van der Waals surface area contributed by atoms with Crippen LogP contribution >= 0.6 is 7.92 Å². The second-order valence-electron chi connectivity index (χ2n) is 6.68. The third-order valence-corrected chi connectivity index (χ3v) is 7.22. The van der Waals surface area contributed by atoms with Gasteiger partial charge in [0.15, 0.2) is 0 Å². The van der Waals surface area contributed by atoms with Gasteiger partial charge in [-0.05, 0) is 42.8 Å². The quantitative estimate of drug-likeness (QED) is 0.362. The minimum atomic E-state index is -0.765. The van der Waals surface area contributed by atoms with Gasteiger partial charge >= 0.3 is 0 Å². The fourth-order valence-corrected chi connectivity index (χ4v) is 5.64. The maximum atomic E-state index is 10.2. The monoisotopic (exact) mass is 411 g/mol. The fraction of sp³-hybridized carbons (Fsp3) is 0.0385. The number of hydrogen-bond donors (Lipinski definition) is 1. The molecular weight excluding hydrogens is 389 g/mol. The van der Waals surface area contributed by atoms with Crippen LogP contribution in [0.5, 0.6) is 11.5 Å². The van der Waals surface area contributed by atoms with E-state index in [0.717, 1.165) is 5.69 Å². The topological polar surface area (TPSA) is 41.8 Å². The van der Waals surface area contributed by atoms with Crippen LogP contribution in [0.2, 0.25) is 0 Å². The predicted molar refractivity (Wildman–Crippen MR) is 127 cm³/mol. The summed E-state index contributed by atoms with van der Waals surface area (Å²) in [4.78, 5) is 4.76. The Kier molecular flexibility index (Phi) is 6.22. The van der Waals surface area contributed by atoms with E-state index < -0.39 is 7.92 Å². The molecule has 0 atom stereocenters. The summed E-state index contributed by atoms with van der Waals surface area (Å²) in [6.07, 6.45) is 1.69. The lowest BCUT2D eigenvalue weighted by Gasteiger charge is -2.20. The summed E-state index contributed by atoms with van der Waals surface area (Å²) in [6, 6.07) is 34.4. The molecule has 0 spiro atoms. The fourth-order valence-electron chi connectivity index (χ4n) is 3.25. The standard InChI is InChI=1S/C26H22NO2P/c1-29-21-16-17-25(28)20(18-21)19-27-24-14-8-9-15-26(24)30(22-10-4-2-5-11-22)23-12-6-3-7-13-23/h2-19,28H,1H3. The Morgan fingerprint density at radius 2 is 1.37 bits per heavy atom. The van der Waals surface area contributed by atoms with E-state index in [1.54, 1.807) is 31.5 Å². The molecule has 0 saturated heterocycles. The number of nitrogens with zero attached hydrogens (tertiary/aromatic N) is 1. The van der Waals surface area contributed by atoms with E-state index in [1.165, 1.54) is 15.9 Å². The van der Waals surface area contributed by atoms with Crippen molar-refractivity contribution in [1.29, 1.82) is 0 Å². The number of hydrogen-bond acceptors (Lipinski definition) is 3. The van der Waals surface area contributed by atoms with Crippen LogP contribution in [0.1, 0.15) is 5.56 Å². The molecule has 4 aromatic carbocycles. The average molecular weight is 411 g/mol. The van der Waals surface area contributed by atoms with E-state index in [-0.39, 0.29) is 5.75 Å². The van der Waals surface area contributed by atoms with Gasteiger partial charge in [0.2, 0.25) is 0 Å². The minimum Gasteiger partial charge on any atom is -0.507 e. The molecule has 0 fully saturated rings. The minimum absolute atomic E-state index is 0.172. The number of benzene rings is 4.